The Kier molecular flexibility index (Phi) is 2.73. The van der Waals surface area contributed by atoms with Gasteiger partial charge >= 0.3 is 0 Å². The molecule has 1 aromatic heterocycles. The second-order valence-electron chi connectivity index (χ2n) is 4.10. The van der Waals surface area contributed by atoms with Crippen LogP contribution in [0.2, 0.25) is 0 Å². The van der Waals surface area contributed by atoms with Crippen LogP contribution >= 0.6 is 0 Å². The van der Waals surface area contributed by atoms with Crippen LogP contribution in [-0.2, 0) is 0 Å². The lowest BCUT2D eigenvalue weighted by atomic mass is 10.3. The first kappa shape index (κ1) is 10.8. The van der Waals surface area contributed by atoms with Gasteiger partial charge in [-0.3, -0.25) is 0 Å². The van der Waals surface area contributed by atoms with Gasteiger partial charge in [-0.1, -0.05) is 0 Å². The van der Waals surface area contributed by atoms with Gasteiger partial charge in [0, 0.05) is 18.3 Å². The summed E-state index contributed by atoms with van der Waals surface area (Å²) in [6.45, 7) is 7.20. The molecule has 2 N–H and O–H groups in total. The van der Waals surface area contributed by atoms with Crippen molar-refractivity contribution in [1.29, 1.82) is 0 Å². The number of nitrogens with zero attached hydrogens (tertiary/aromatic N) is 2. The predicted molar refractivity (Wildman–Crippen MR) is 66.6 cm³/mol. The van der Waals surface area contributed by atoms with Gasteiger partial charge in [-0.05, 0) is 39.0 Å². The maximum atomic E-state index is 5.71. The van der Waals surface area contributed by atoms with Crippen LogP contribution in [0.15, 0.2) is 22.6 Å². The number of nitrogens with two attached hydrogens (primary N) is 1. The molecule has 0 bridgehead atoms. The van der Waals surface area contributed by atoms with Gasteiger partial charge in [0.05, 0.1) is 0 Å². The fraction of sp³-hybridized carbons (Fsp3) is 0.417. The van der Waals surface area contributed by atoms with Crippen LogP contribution in [0.1, 0.15) is 20.8 Å². The van der Waals surface area contributed by atoms with E-state index in [9.17, 15) is 0 Å². The van der Waals surface area contributed by atoms with Gasteiger partial charge in [-0.25, -0.2) is 0 Å². The van der Waals surface area contributed by atoms with Crippen LogP contribution in [0.3, 0.4) is 0 Å². The Morgan fingerprint density at radius 1 is 1.44 bits per heavy atom. The topological polar surface area (TPSA) is 55.3 Å². The zero-order valence-corrected chi connectivity index (χ0v) is 9.90. The average molecular weight is 219 g/mol. The van der Waals surface area contributed by atoms with Crippen LogP contribution in [0.5, 0.6) is 0 Å². The van der Waals surface area contributed by atoms with Crippen molar-refractivity contribution in [3.05, 3.63) is 18.2 Å². The Labute approximate surface area is 95.1 Å². The molecule has 0 saturated heterocycles. The van der Waals surface area contributed by atoms with Gasteiger partial charge in [0.1, 0.15) is 5.52 Å². The maximum absolute atomic E-state index is 5.71. The van der Waals surface area contributed by atoms with Crippen molar-refractivity contribution in [3.8, 4) is 0 Å². The summed E-state index contributed by atoms with van der Waals surface area (Å²) in [5.74, 6) is 0. The van der Waals surface area contributed by atoms with E-state index in [1.807, 2.05) is 18.2 Å². The van der Waals surface area contributed by atoms with Gasteiger partial charge in [0.25, 0.3) is 6.01 Å². The van der Waals surface area contributed by atoms with Crippen molar-refractivity contribution in [2.75, 3.05) is 17.2 Å². The van der Waals surface area contributed by atoms with E-state index in [1.54, 1.807) is 0 Å². The lowest BCUT2D eigenvalue weighted by Gasteiger charge is -2.22. The molecular weight excluding hydrogens is 202 g/mol. The number of nitrogen functional groups attached to an aromatic ring is 1. The summed E-state index contributed by atoms with van der Waals surface area (Å²) < 4.78 is 5.70. The highest BCUT2D eigenvalue weighted by Gasteiger charge is 2.15. The third-order valence-corrected chi connectivity index (χ3v) is 2.61. The first-order valence-electron chi connectivity index (χ1n) is 5.54. The summed E-state index contributed by atoms with van der Waals surface area (Å²) in [6.07, 6.45) is 0. The highest BCUT2D eigenvalue weighted by molar-refractivity contribution is 5.78. The Morgan fingerprint density at radius 2 is 2.19 bits per heavy atom. The van der Waals surface area contributed by atoms with Crippen molar-refractivity contribution in [3.63, 3.8) is 0 Å². The third-order valence-electron chi connectivity index (χ3n) is 2.61. The van der Waals surface area contributed by atoms with Crippen molar-refractivity contribution in [2.45, 2.75) is 26.8 Å². The molecule has 0 unspecified atom stereocenters. The van der Waals surface area contributed by atoms with E-state index >= 15 is 0 Å². The van der Waals surface area contributed by atoms with Gasteiger partial charge in [-0.15, -0.1) is 0 Å². The monoisotopic (exact) mass is 219 g/mol. The second-order valence-corrected chi connectivity index (χ2v) is 4.10. The molecule has 1 aromatic carbocycles. The first-order chi connectivity index (χ1) is 7.61. The van der Waals surface area contributed by atoms with E-state index in [2.05, 4.69) is 30.7 Å². The Bertz CT molecular complexity index is 490. The van der Waals surface area contributed by atoms with Crippen LogP contribution in [0, 0.1) is 0 Å². The quantitative estimate of drug-likeness (QED) is 0.806. The number of hydrogen-bond donors (Lipinski definition) is 1. The third kappa shape index (κ3) is 1.83. The summed E-state index contributed by atoms with van der Waals surface area (Å²) in [5.41, 5.74) is 8.01. The van der Waals surface area contributed by atoms with Crippen LogP contribution in [0.25, 0.3) is 11.1 Å². The molecule has 4 nitrogen and oxygen atoms in total. The molecule has 0 atom stereocenters. The molecule has 0 spiro atoms. The molecule has 2 aromatic rings. The Hall–Kier alpha value is -1.71. The Balaban J connectivity index is 2.45. The summed E-state index contributed by atoms with van der Waals surface area (Å²) in [4.78, 5) is 6.55. The molecule has 1 heterocycles. The minimum Gasteiger partial charge on any atom is -0.423 e. The maximum Gasteiger partial charge on any atom is 0.298 e. The lowest BCUT2D eigenvalue weighted by molar-refractivity contribution is 0.545. The van der Waals surface area contributed by atoms with E-state index < -0.39 is 0 Å². The molecule has 0 fully saturated rings. The number of oxazole rings is 1. The second kappa shape index (κ2) is 4.04. The molecule has 16 heavy (non-hydrogen) atoms. The number of hydrogen-bond acceptors (Lipinski definition) is 4. The van der Waals surface area contributed by atoms with Crippen molar-refractivity contribution in [1.82, 2.24) is 4.98 Å². The average Bonchev–Trinajstić information content (AvgIpc) is 2.60. The molecular formula is C12H17N3O. The van der Waals surface area contributed by atoms with Gasteiger partial charge in [0.15, 0.2) is 5.58 Å². The highest BCUT2D eigenvalue weighted by atomic mass is 16.4. The molecule has 0 aliphatic rings. The number of anilines is 2. The fourth-order valence-electron chi connectivity index (χ4n) is 1.78. The van der Waals surface area contributed by atoms with Crippen LogP contribution < -0.4 is 10.6 Å². The number of benzene rings is 1. The molecule has 86 valence electrons. The largest absolute Gasteiger partial charge is 0.423 e. The van der Waals surface area contributed by atoms with Crippen LogP contribution in [0.4, 0.5) is 11.7 Å². The van der Waals surface area contributed by atoms with Crippen LogP contribution in [-0.4, -0.2) is 17.6 Å². The van der Waals surface area contributed by atoms with Gasteiger partial charge in [0.2, 0.25) is 0 Å². The van der Waals surface area contributed by atoms with E-state index in [0.717, 1.165) is 17.6 Å². The smallest absolute Gasteiger partial charge is 0.298 e. The molecule has 0 aliphatic carbocycles. The van der Waals surface area contributed by atoms with Gasteiger partial charge in [-0.2, -0.15) is 4.98 Å². The standard InChI is InChI=1S/C12H17N3O/c1-4-15(8(2)3)12-14-10-7-9(13)5-6-11(10)16-12/h5-8H,4,13H2,1-3H3. The van der Waals surface area contributed by atoms with Crippen molar-refractivity contribution >= 4 is 22.8 Å². The van der Waals surface area contributed by atoms with E-state index in [4.69, 9.17) is 10.2 Å². The highest BCUT2D eigenvalue weighted by Crippen LogP contribution is 2.24. The van der Waals surface area contributed by atoms with E-state index in [-0.39, 0.29) is 0 Å². The number of fused-ring (bicyclic) bond motifs is 1. The van der Waals surface area contributed by atoms with Crippen molar-refractivity contribution in [2.24, 2.45) is 0 Å². The summed E-state index contributed by atoms with van der Waals surface area (Å²) in [5, 5.41) is 0. The molecule has 0 radical (unpaired) electrons. The molecule has 0 saturated carbocycles. The van der Waals surface area contributed by atoms with E-state index in [0.29, 0.717) is 17.7 Å². The summed E-state index contributed by atoms with van der Waals surface area (Å²) >= 11 is 0. The molecule has 4 heteroatoms. The Morgan fingerprint density at radius 3 is 2.81 bits per heavy atom. The molecule has 2 rings (SSSR count). The lowest BCUT2D eigenvalue weighted by Crippen LogP contribution is -2.30. The zero-order valence-electron chi connectivity index (χ0n) is 9.90. The minimum atomic E-state index is 0.371. The summed E-state index contributed by atoms with van der Waals surface area (Å²) in [6, 6.07) is 6.54. The first-order valence-corrected chi connectivity index (χ1v) is 5.54. The molecule has 0 aliphatic heterocycles. The van der Waals surface area contributed by atoms with E-state index in [1.165, 1.54) is 0 Å². The van der Waals surface area contributed by atoms with Gasteiger partial charge < -0.3 is 15.1 Å². The normalized spacial score (nSPS) is 11.2. The fourth-order valence-corrected chi connectivity index (χ4v) is 1.78. The minimum absolute atomic E-state index is 0.371. The summed E-state index contributed by atoms with van der Waals surface area (Å²) in [7, 11) is 0. The molecule has 0 amide bonds. The SMILES string of the molecule is CCN(c1nc2cc(N)ccc2o1)C(C)C. The van der Waals surface area contributed by atoms with Crippen molar-refractivity contribution < 1.29 is 4.42 Å². The number of rotatable bonds is 3. The zero-order chi connectivity index (χ0) is 11.7. The number of aromatic nitrogens is 1. The predicted octanol–water partition coefficient (Wildman–Crippen LogP) is 2.64.